The zero-order valence-corrected chi connectivity index (χ0v) is 14.0. The van der Waals surface area contributed by atoms with Gasteiger partial charge in [-0.15, -0.1) is 0 Å². The minimum atomic E-state index is -0.556. The van der Waals surface area contributed by atoms with Crippen molar-refractivity contribution >= 4 is 28.4 Å². The molecular weight excluding hydrogens is 331 g/mol. The van der Waals surface area contributed by atoms with Crippen molar-refractivity contribution in [1.82, 2.24) is 0 Å². The lowest BCUT2D eigenvalue weighted by atomic mass is 10.0. The summed E-state index contributed by atoms with van der Waals surface area (Å²) in [5, 5.41) is 13.7. The molecule has 1 N–H and O–H groups in total. The number of hydrogen-bond donors (Lipinski definition) is 1. The number of amides is 1. The molecule has 26 heavy (non-hydrogen) atoms. The highest BCUT2D eigenvalue weighted by Crippen LogP contribution is 2.29. The molecule has 0 saturated carbocycles. The average molecular weight is 346 g/mol. The Bertz CT molecular complexity index is 1030. The molecule has 0 aliphatic carbocycles. The van der Waals surface area contributed by atoms with E-state index >= 15 is 0 Å². The highest BCUT2D eigenvalue weighted by Gasteiger charge is 2.12. The normalized spacial score (nSPS) is 11.0. The summed E-state index contributed by atoms with van der Waals surface area (Å²) >= 11 is 0. The topological polar surface area (TPSA) is 62.1 Å². The minimum absolute atomic E-state index is 0.0513. The Balaban J connectivity index is 1.97. The number of ether oxygens (including phenoxy) is 1. The number of carbonyl (C=O) groups is 1. The zero-order chi connectivity index (χ0) is 18.5. The van der Waals surface area contributed by atoms with Gasteiger partial charge in [0.1, 0.15) is 23.2 Å². The number of fused-ring (bicyclic) bond motifs is 1. The number of halogens is 1. The van der Waals surface area contributed by atoms with E-state index in [1.807, 2.05) is 30.3 Å². The van der Waals surface area contributed by atoms with Crippen molar-refractivity contribution in [3.8, 4) is 11.8 Å². The molecule has 0 radical (unpaired) electrons. The molecule has 0 heterocycles. The summed E-state index contributed by atoms with van der Waals surface area (Å²) in [6.07, 6.45) is 1.53. The Labute approximate surface area is 150 Å². The van der Waals surface area contributed by atoms with Crippen molar-refractivity contribution in [2.24, 2.45) is 0 Å². The molecule has 0 fully saturated rings. The van der Waals surface area contributed by atoms with Crippen LogP contribution >= 0.6 is 0 Å². The molecule has 0 saturated heterocycles. The van der Waals surface area contributed by atoms with Crippen LogP contribution in [-0.2, 0) is 4.79 Å². The summed E-state index contributed by atoms with van der Waals surface area (Å²) in [6.45, 7) is 0. The van der Waals surface area contributed by atoms with Gasteiger partial charge in [0.15, 0.2) is 0 Å². The van der Waals surface area contributed by atoms with Crippen LogP contribution < -0.4 is 10.1 Å². The fourth-order valence-corrected chi connectivity index (χ4v) is 2.63. The number of methoxy groups -OCH3 is 1. The first-order valence-electron chi connectivity index (χ1n) is 7.87. The Morgan fingerprint density at radius 3 is 2.42 bits per heavy atom. The van der Waals surface area contributed by atoms with E-state index in [1.54, 1.807) is 19.2 Å². The molecule has 3 aromatic rings. The van der Waals surface area contributed by atoms with Crippen LogP contribution in [0, 0.1) is 17.1 Å². The smallest absolute Gasteiger partial charge is 0.266 e. The van der Waals surface area contributed by atoms with Crippen molar-refractivity contribution < 1.29 is 13.9 Å². The number of hydrogen-bond acceptors (Lipinski definition) is 3. The first-order valence-corrected chi connectivity index (χ1v) is 7.87. The highest BCUT2D eigenvalue weighted by molar-refractivity contribution is 6.11. The van der Waals surface area contributed by atoms with Crippen LogP contribution in [0.3, 0.4) is 0 Å². The highest BCUT2D eigenvalue weighted by atomic mass is 19.1. The summed E-state index contributed by atoms with van der Waals surface area (Å²) in [6, 6.07) is 18.4. The predicted molar refractivity (Wildman–Crippen MR) is 99.1 cm³/mol. The summed E-state index contributed by atoms with van der Waals surface area (Å²) < 4.78 is 18.3. The molecule has 3 rings (SSSR count). The van der Waals surface area contributed by atoms with Gasteiger partial charge in [0, 0.05) is 11.1 Å². The first-order chi connectivity index (χ1) is 12.6. The van der Waals surface area contributed by atoms with Crippen LogP contribution in [0.1, 0.15) is 5.56 Å². The molecule has 5 heteroatoms. The Hall–Kier alpha value is -3.65. The van der Waals surface area contributed by atoms with E-state index in [4.69, 9.17) is 4.74 Å². The minimum Gasteiger partial charge on any atom is -0.496 e. The van der Waals surface area contributed by atoms with E-state index in [9.17, 15) is 14.4 Å². The summed E-state index contributed by atoms with van der Waals surface area (Å²) in [5.41, 5.74) is 1.09. The lowest BCUT2D eigenvalue weighted by molar-refractivity contribution is -0.112. The van der Waals surface area contributed by atoms with Gasteiger partial charge in [0.05, 0.1) is 7.11 Å². The van der Waals surface area contributed by atoms with Crippen molar-refractivity contribution in [2.75, 3.05) is 12.4 Å². The number of anilines is 1. The third kappa shape index (κ3) is 3.55. The van der Waals surface area contributed by atoms with E-state index in [2.05, 4.69) is 5.32 Å². The van der Waals surface area contributed by atoms with E-state index in [0.717, 1.165) is 16.3 Å². The first kappa shape index (κ1) is 17.2. The number of rotatable bonds is 4. The number of benzene rings is 3. The van der Waals surface area contributed by atoms with Crippen LogP contribution in [0.15, 0.2) is 66.2 Å². The molecule has 4 nitrogen and oxygen atoms in total. The second-order valence-electron chi connectivity index (χ2n) is 5.53. The van der Waals surface area contributed by atoms with Crippen molar-refractivity contribution in [3.05, 3.63) is 77.6 Å². The summed E-state index contributed by atoms with van der Waals surface area (Å²) in [5.74, 6) is -0.241. The summed E-state index contributed by atoms with van der Waals surface area (Å²) in [7, 11) is 1.59. The molecule has 0 atom stereocenters. The average Bonchev–Trinajstić information content (AvgIpc) is 2.67. The Kier molecular flexibility index (Phi) is 4.95. The number of nitrogens with one attached hydrogen (secondary N) is 1. The van der Waals surface area contributed by atoms with E-state index in [1.165, 1.54) is 30.3 Å². The van der Waals surface area contributed by atoms with Gasteiger partial charge < -0.3 is 10.1 Å². The van der Waals surface area contributed by atoms with Crippen molar-refractivity contribution in [2.45, 2.75) is 0 Å². The molecule has 0 aromatic heterocycles. The lowest BCUT2D eigenvalue weighted by Crippen LogP contribution is -2.13. The second-order valence-corrected chi connectivity index (χ2v) is 5.53. The van der Waals surface area contributed by atoms with Crippen molar-refractivity contribution in [1.29, 1.82) is 5.26 Å². The standard InChI is InChI=1S/C21H15FN2O2/c1-26-20-11-6-14(18-4-2-3-5-19(18)20)12-15(13-23)21(25)24-17-9-7-16(22)8-10-17/h2-12H,1H3,(H,24,25)/b15-12-. The second kappa shape index (κ2) is 7.49. The van der Waals surface area contributed by atoms with E-state index in [-0.39, 0.29) is 5.57 Å². The summed E-state index contributed by atoms with van der Waals surface area (Å²) in [4.78, 5) is 12.4. The fraction of sp³-hybridized carbons (Fsp3) is 0.0476. The van der Waals surface area contributed by atoms with Crippen LogP contribution in [0.2, 0.25) is 0 Å². The predicted octanol–water partition coefficient (Wildman–Crippen LogP) is 4.53. The van der Waals surface area contributed by atoms with Gasteiger partial charge in [0.2, 0.25) is 0 Å². The molecule has 1 amide bonds. The van der Waals surface area contributed by atoms with E-state index in [0.29, 0.717) is 11.4 Å². The van der Waals surface area contributed by atoms with E-state index < -0.39 is 11.7 Å². The van der Waals surface area contributed by atoms with Crippen LogP contribution in [0.5, 0.6) is 5.75 Å². The monoisotopic (exact) mass is 346 g/mol. The van der Waals surface area contributed by atoms with Gasteiger partial charge in [-0.25, -0.2) is 4.39 Å². The number of carbonyl (C=O) groups excluding carboxylic acids is 1. The molecule has 3 aromatic carbocycles. The Morgan fingerprint density at radius 2 is 1.77 bits per heavy atom. The number of nitriles is 1. The maximum atomic E-state index is 13.0. The molecule has 0 unspecified atom stereocenters. The maximum absolute atomic E-state index is 13.0. The van der Waals surface area contributed by atoms with Crippen molar-refractivity contribution in [3.63, 3.8) is 0 Å². The quantitative estimate of drug-likeness (QED) is 0.557. The largest absolute Gasteiger partial charge is 0.496 e. The van der Waals surface area contributed by atoms with Gasteiger partial charge in [0.25, 0.3) is 5.91 Å². The molecule has 0 aliphatic rings. The zero-order valence-electron chi connectivity index (χ0n) is 14.0. The van der Waals surface area contributed by atoms with Crippen LogP contribution in [0.25, 0.3) is 16.8 Å². The van der Waals surface area contributed by atoms with Gasteiger partial charge in [-0.2, -0.15) is 5.26 Å². The maximum Gasteiger partial charge on any atom is 0.266 e. The van der Waals surface area contributed by atoms with Gasteiger partial charge >= 0.3 is 0 Å². The lowest BCUT2D eigenvalue weighted by Gasteiger charge is -2.09. The Morgan fingerprint density at radius 1 is 1.08 bits per heavy atom. The van der Waals surface area contributed by atoms with Gasteiger partial charge in [-0.05, 0) is 47.4 Å². The van der Waals surface area contributed by atoms with Crippen LogP contribution in [0.4, 0.5) is 10.1 Å². The SMILES string of the molecule is COc1ccc(/C=C(/C#N)C(=O)Nc2ccc(F)cc2)c2ccccc12. The third-order valence-corrected chi connectivity index (χ3v) is 3.90. The number of nitrogens with zero attached hydrogens (tertiary/aromatic N) is 1. The van der Waals surface area contributed by atoms with Gasteiger partial charge in [-0.3, -0.25) is 4.79 Å². The van der Waals surface area contributed by atoms with Gasteiger partial charge in [-0.1, -0.05) is 30.3 Å². The molecule has 0 spiro atoms. The molecular formula is C21H15FN2O2. The fourth-order valence-electron chi connectivity index (χ4n) is 2.63. The third-order valence-electron chi connectivity index (χ3n) is 3.90. The molecule has 128 valence electrons. The van der Waals surface area contributed by atoms with Crippen LogP contribution in [-0.4, -0.2) is 13.0 Å². The molecule has 0 bridgehead atoms. The molecule has 0 aliphatic heterocycles.